The van der Waals surface area contributed by atoms with Gasteiger partial charge in [-0.1, -0.05) is 12.1 Å². The molecule has 0 heterocycles. The smallest absolute Gasteiger partial charge is 0.305 e. The minimum atomic E-state index is -3.90. The maximum absolute atomic E-state index is 12.5. The fourth-order valence-corrected chi connectivity index (χ4v) is 4.83. The molecule has 0 fully saturated rings. The van der Waals surface area contributed by atoms with E-state index in [9.17, 15) is 27.6 Å². The molecule has 9 heteroatoms. The van der Waals surface area contributed by atoms with Crippen LogP contribution in [-0.4, -0.2) is 49.5 Å². The van der Waals surface area contributed by atoms with Crippen LogP contribution in [0.4, 0.5) is 5.69 Å². The van der Waals surface area contributed by atoms with Crippen LogP contribution >= 0.6 is 0 Å². The Morgan fingerprint density at radius 2 is 1.57 bits per heavy atom. The molecule has 1 aromatic rings. The first-order valence-electron chi connectivity index (χ1n) is 9.68. The van der Waals surface area contributed by atoms with E-state index in [4.69, 9.17) is 0 Å². The number of rotatable bonds is 12. The van der Waals surface area contributed by atoms with Gasteiger partial charge in [0.1, 0.15) is 0 Å². The van der Waals surface area contributed by atoms with Gasteiger partial charge in [0, 0.05) is 18.5 Å². The first-order chi connectivity index (χ1) is 14.0. The number of hydrogen-bond donors (Lipinski definition) is 1. The zero-order valence-corrected chi connectivity index (χ0v) is 18.6. The van der Waals surface area contributed by atoms with Crippen LogP contribution in [0.25, 0.3) is 0 Å². The van der Waals surface area contributed by atoms with Crippen molar-refractivity contribution in [2.45, 2.75) is 63.4 Å². The van der Waals surface area contributed by atoms with Gasteiger partial charge in [-0.3, -0.25) is 19.2 Å². The first-order valence-corrected chi connectivity index (χ1v) is 11.3. The predicted octanol–water partition coefficient (Wildman–Crippen LogP) is 2.25. The summed E-state index contributed by atoms with van der Waals surface area (Å²) in [6, 6.07) is 6.97. The number of ether oxygens (including phenoxy) is 1. The summed E-state index contributed by atoms with van der Waals surface area (Å²) < 4.78 is 29.6. The Morgan fingerprint density at radius 3 is 2.07 bits per heavy atom. The van der Waals surface area contributed by atoms with Gasteiger partial charge in [-0.25, -0.2) is 8.42 Å². The summed E-state index contributed by atoms with van der Waals surface area (Å²) in [6.07, 6.45) is 1.47. The minimum absolute atomic E-state index is 0.179. The third kappa shape index (κ3) is 7.70. The molecule has 0 saturated carbocycles. The normalized spacial score (nSPS) is 12.3. The van der Waals surface area contributed by atoms with E-state index in [0.717, 1.165) is 19.4 Å². The van der Waals surface area contributed by atoms with Gasteiger partial charge in [-0.15, -0.1) is 0 Å². The quantitative estimate of drug-likeness (QED) is 0.391. The standard InChI is InChI=1S/C21H29NO7S/c1-14(30(27,28)21(15(2)23)16(3)24)8-9-17-10-12-18(13-11-17)22-19(25)6-5-7-20(26)29-4/h10-14,21H,5-9H2,1-4H3,(H,22,25). The van der Waals surface area contributed by atoms with E-state index >= 15 is 0 Å². The van der Waals surface area contributed by atoms with Gasteiger partial charge in [-0.05, 0) is 57.7 Å². The summed E-state index contributed by atoms with van der Waals surface area (Å²) in [7, 11) is -2.60. The molecular formula is C21H29NO7S. The Hall–Kier alpha value is -2.55. The number of nitrogens with one attached hydrogen (secondary N) is 1. The van der Waals surface area contributed by atoms with Crippen LogP contribution in [-0.2, 0) is 40.2 Å². The molecule has 0 aliphatic heterocycles. The molecule has 0 spiro atoms. The maximum Gasteiger partial charge on any atom is 0.305 e. The van der Waals surface area contributed by atoms with Gasteiger partial charge in [0.05, 0.1) is 12.4 Å². The number of hydrogen-bond acceptors (Lipinski definition) is 7. The molecule has 1 atom stereocenters. The van der Waals surface area contributed by atoms with Crippen molar-refractivity contribution in [1.29, 1.82) is 0 Å². The molecule has 0 radical (unpaired) electrons. The number of ketones is 2. The average molecular weight is 440 g/mol. The topological polar surface area (TPSA) is 124 Å². The molecule has 1 amide bonds. The van der Waals surface area contributed by atoms with Crippen LogP contribution in [0.15, 0.2) is 24.3 Å². The molecule has 1 N–H and O–H groups in total. The number of methoxy groups -OCH3 is 1. The zero-order chi connectivity index (χ0) is 22.9. The van der Waals surface area contributed by atoms with E-state index < -0.39 is 31.9 Å². The third-order valence-electron chi connectivity index (χ3n) is 4.72. The maximum atomic E-state index is 12.5. The Balaban J connectivity index is 2.60. The van der Waals surface area contributed by atoms with Crippen molar-refractivity contribution in [3.63, 3.8) is 0 Å². The highest BCUT2D eigenvalue weighted by atomic mass is 32.2. The number of carbonyl (C=O) groups is 4. The second kappa shape index (κ2) is 11.6. The van der Waals surface area contributed by atoms with Crippen LogP contribution in [0.3, 0.4) is 0 Å². The van der Waals surface area contributed by atoms with Crippen molar-refractivity contribution in [2.75, 3.05) is 12.4 Å². The van der Waals surface area contributed by atoms with Crippen molar-refractivity contribution < 1.29 is 32.3 Å². The van der Waals surface area contributed by atoms with Crippen LogP contribution in [0, 0.1) is 0 Å². The molecule has 1 unspecified atom stereocenters. The number of esters is 1. The van der Waals surface area contributed by atoms with E-state index in [2.05, 4.69) is 10.1 Å². The third-order valence-corrected chi connectivity index (χ3v) is 7.40. The van der Waals surface area contributed by atoms with E-state index in [1.807, 2.05) is 0 Å². The van der Waals surface area contributed by atoms with Crippen molar-refractivity contribution in [3.8, 4) is 0 Å². The summed E-state index contributed by atoms with van der Waals surface area (Å²) in [5.41, 5.74) is 1.46. The summed E-state index contributed by atoms with van der Waals surface area (Å²) in [5.74, 6) is -1.91. The number of aryl methyl sites for hydroxylation is 1. The number of sulfone groups is 1. The molecular weight excluding hydrogens is 410 g/mol. The van der Waals surface area contributed by atoms with Gasteiger partial charge in [-0.2, -0.15) is 0 Å². The molecule has 0 aliphatic rings. The lowest BCUT2D eigenvalue weighted by molar-refractivity contribution is -0.140. The van der Waals surface area contributed by atoms with Crippen LogP contribution in [0.5, 0.6) is 0 Å². The van der Waals surface area contributed by atoms with E-state index in [0.29, 0.717) is 18.5 Å². The fourth-order valence-electron chi connectivity index (χ4n) is 2.99. The van der Waals surface area contributed by atoms with Crippen molar-refractivity contribution >= 4 is 39.0 Å². The van der Waals surface area contributed by atoms with E-state index in [-0.39, 0.29) is 31.1 Å². The molecule has 0 aromatic heterocycles. The highest BCUT2D eigenvalue weighted by Gasteiger charge is 2.37. The molecule has 0 bridgehead atoms. The van der Waals surface area contributed by atoms with Crippen molar-refractivity contribution in [2.24, 2.45) is 0 Å². The highest BCUT2D eigenvalue weighted by molar-refractivity contribution is 7.94. The van der Waals surface area contributed by atoms with Gasteiger partial charge in [0.2, 0.25) is 5.91 Å². The monoisotopic (exact) mass is 439 g/mol. The van der Waals surface area contributed by atoms with Crippen LogP contribution in [0.2, 0.25) is 0 Å². The Kier molecular flexibility index (Phi) is 9.84. The SMILES string of the molecule is COC(=O)CCCC(=O)Nc1ccc(CCC(C)S(=O)(=O)C(C(C)=O)C(C)=O)cc1. The van der Waals surface area contributed by atoms with Gasteiger partial charge in [0.25, 0.3) is 0 Å². The molecule has 30 heavy (non-hydrogen) atoms. The second-order valence-electron chi connectivity index (χ2n) is 7.21. The van der Waals surface area contributed by atoms with Crippen molar-refractivity contribution in [3.05, 3.63) is 29.8 Å². The number of Topliss-reactive ketones (excluding diaryl/α,β-unsaturated/α-hetero) is 2. The Bertz CT molecular complexity index is 861. The van der Waals surface area contributed by atoms with E-state index in [1.165, 1.54) is 14.0 Å². The summed E-state index contributed by atoms with van der Waals surface area (Å²) in [5, 5.41) is 0.278. The van der Waals surface area contributed by atoms with Crippen molar-refractivity contribution in [1.82, 2.24) is 0 Å². The molecule has 0 saturated heterocycles. The van der Waals surface area contributed by atoms with Gasteiger partial charge in [0.15, 0.2) is 26.7 Å². The average Bonchev–Trinajstić information content (AvgIpc) is 2.65. The summed E-state index contributed by atoms with van der Waals surface area (Å²) in [6.45, 7) is 3.72. The number of benzene rings is 1. The second-order valence-corrected chi connectivity index (χ2v) is 9.67. The Labute approximate surface area is 177 Å². The lowest BCUT2D eigenvalue weighted by Gasteiger charge is -2.18. The van der Waals surface area contributed by atoms with Crippen LogP contribution in [0.1, 0.15) is 52.0 Å². The molecule has 1 aromatic carbocycles. The van der Waals surface area contributed by atoms with Crippen LogP contribution < -0.4 is 5.32 Å². The van der Waals surface area contributed by atoms with Gasteiger partial charge < -0.3 is 10.1 Å². The predicted molar refractivity (Wildman–Crippen MR) is 113 cm³/mol. The molecule has 166 valence electrons. The van der Waals surface area contributed by atoms with Gasteiger partial charge >= 0.3 is 5.97 Å². The fraction of sp³-hybridized carbons (Fsp3) is 0.524. The van der Waals surface area contributed by atoms with E-state index in [1.54, 1.807) is 24.3 Å². The first kappa shape index (κ1) is 25.5. The summed E-state index contributed by atoms with van der Waals surface area (Å²) >= 11 is 0. The lowest BCUT2D eigenvalue weighted by Crippen LogP contribution is -2.40. The number of carbonyl (C=O) groups excluding carboxylic acids is 4. The summed E-state index contributed by atoms with van der Waals surface area (Å²) in [4.78, 5) is 46.1. The molecule has 8 nitrogen and oxygen atoms in total. The molecule has 1 rings (SSSR count). The largest absolute Gasteiger partial charge is 0.469 e. The Morgan fingerprint density at radius 1 is 1.00 bits per heavy atom. The minimum Gasteiger partial charge on any atom is -0.469 e. The lowest BCUT2D eigenvalue weighted by atomic mass is 10.1. The number of amides is 1. The zero-order valence-electron chi connectivity index (χ0n) is 17.8. The molecule has 0 aliphatic carbocycles. The number of anilines is 1. The highest BCUT2D eigenvalue weighted by Crippen LogP contribution is 2.19.